The first kappa shape index (κ1) is 26.2. The molecule has 0 aromatic rings. The molecule has 160 valence electrons. The Kier molecular flexibility index (Phi) is 19.3. The molecule has 3 heteroatoms. The van der Waals surface area contributed by atoms with E-state index in [1.54, 1.807) is 6.92 Å². The van der Waals surface area contributed by atoms with Gasteiger partial charge in [-0.1, -0.05) is 117 Å². The van der Waals surface area contributed by atoms with Crippen molar-refractivity contribution in [3.05, 3.63) is 12.2 Å². The lowest BCUT2D eigenvalue weighted by molar-refractivity contribution is -0.146. The van der Waals surface area contributed by atoms with E-state index in [2.05, 4.69) is 25.9 Å². The van der Waals surface area contributed by atoms with Gasteiger partial charge in [0.05, 0.1) is 0 Å². The largest absolute Gasteiger partial charge is 0.367 e. The molecule has 0 aromatic heterocycles. The molecule has 0 aliphatic heterocycles. The molecule has 0 bridgehead atoms. The van der Waals surface area contributed by atoms with Crippen LogP contribution in [0.5, 0.6) is 0 Å². The van der Waals surface area contributed by atoms with Crippen molar-refractivity contribution in [3.8, 4) is 0 Å². The second-order valence-corrected chi connectivity index (χ2v) is 8.18. The van der Waals surface area contributed by atoms with Gasteiger partial charge in [-0.25, -0.2) is 4.79 Å². The first-order chi connectivity index (χ1) is 13.1. The number of rotatable bonds is 20. The average Bonchev–Trinajstić information content (AvgIpc) is 2.66. The maximum Gasteiger partial charge on any atom is 0.351 e. The molecule has 0 aliphatic carbocycles. The van der Waals surface area contributed by atoms with E-state index >= 15 is 0 Å². The number of nitrogens with one attached hydrogen (secondary N) is 1. The van der Waals surface area contributed by atoms with Crippen molar-refractivity contribution in [2.24, 2.45) is 5.92 Å². The first-order valence-corrected chi connectivity index (χ1v) is 11.7. The van der Waals surface area contributed by atoms with Crippen molar-refractivity contribution in [1.82, 2.24) is 5.48 Å². The highest BCUT2D eigenvalue weighted by atomic mass is 16.7. The molecule has 0 aliphatic rings. The minimum atomic E-state index is -0.360. The summed E-state index contributed by atoms with van der Waals surface area (Å²) in [5.41, 5.74) is 3.24. The van der Waals surface area contributed by atoms with Crippen molar-refractivity contribution < 1.29 is 9.63 Å². The molecule has 0 heterocycles. The van der Waals surface area contributed by atoms with Gasteiger partial charge in [0.1, 0.15) is 0 Å². The van der Waals surface area contributed by atoms with Crippen LogP contribution in [0.3, 0.4) is 0 Å². The van der Waals surface area contributed by atoms with Crippen LogP contribution >= 0.6 is 0 Å². The Balaban J connectivity index is 3.34. The van der Waals surface area contributed by atoms with Crippen LogP contribution in [0.4, 0.5) is 0 Å². The molecule has 0 rings (SSSR count). The quantitative estimate of drug-likeness (QED) is 0.135. The van der Waals surface area contributed by atoms with Crippen molar-refractivity contribution in [3.63, 3.8) is 0 Å². The van der Waals surface area contributed by atoms with Crippen LogP contribution in [0, 0.1) is 5.92 Å². The average molecular weight is 382 g/mol. The number of hydrogen-bond acceptors (Lipinski definition) is 3. The van der Waals surface area contributed by atoms with E-state index in [1.165, 1.54) is 96.3 Å². The van der Waals surface area contributed by atoms with E-state index in [0.717, 1.165) is 13.0 Å². The van der Waals surface area contributed by atoms with E-state index in [4.69, 9.17) is 4.84 Å². The summed E-state index contributed by atoms with van der Waals surface area (Å²) in [6, 6.07) is 0. The van der Waals surface area contributed by atoms with Gasteiger partial charge < -0.3 is 4.84 Å². The second-order valence-electron chi connectivity index (χ2n) is 8.18. The summed E-state index contributed by atoms with van der Waals surface area (Å²) in [5, 5.41) is 0. The van der Waals surface area contributed by atoms with Crippen LogP contribution in [0.2, 0.25) is 0 Å². The minimum Gasteiger partial charge on any atom is -0.367 e. The summed E-state index contributed by atoms with van der Waals surface area (Å²) in [5.74, 6) is 0.224. The molecule has 0 amide bonds. The van der Waals surface area contributed by atoms with Crippen LogP contribution in [-0.4, -0.2) is 12.5 Å². The topological polar surface area (TPSA) is 38.3 Å². The van der Waals surface area contributed by atoms with E-state index in [9.17, 15) is 4.79 Å². The molecule has 0 saturated heterocycles. The zero-order chi connectivity index (χ0) is 20.2. The van der Waals surface area contributed by atoms with Gasteiger partial charge in [0.15, 0.2) is 0 Å². The SMILES string of the molecule is C=C(C)C(=O)ONCC(CC)CCCCCCCCCCCCCCCC. The Hall–Kier alpha value is -0.830. The molecule has 1 N–H and O–H groups in total. The molecular formula is C24H47NO2. The number of carbonyl (C=O) groups is 1. The number of unbranched alkanes of at least 4 members (excludes halogenated alkanes) is 13. The summed E-state index contributed by atoms with van der Waals surface area (Å²) in [4.78, 5) is 16.3. The Morgan fingerprint density at radius 1 is 0.815 bits per heavy atom. The summed E-state index contributed by atoms with van der Waals surface area (Å²) in [6.45, 7) is 10.5. The highest BCUT2D eigenvalue weighted by Gasteiger charge is 2.08. The smallest absolute Gasteiger partial charge is 0.351 e. The first-order valence-electron chi connectivity index (χ1n) is 11.7. The zero-order valence-corrected chi connectivity index (χ0v) is 18.6. The lowest BCUT2D eigenvalue weighted by atomic mass is 9.98. The van der Waals surface area contributed by atoms with Crippen molar-refractivity contribution in [1.29, 1.82) is 0 Å². The molecule has 1 atom stereocenters. The number of carbonyl (C=O) groups excluding carboxylic acids is 1. The Bertz CT molecular complexity index is 354. The highest BCUT2D eigenvalue weighted by Crippen LogP contribution is 2.16. The van der Waals surface area contributed by atoms with Gasteiger partial charge >= 0.3 is 5.97 Å². The van der Waals surface area contributed by atoms with Gasteiger partial charge in [0.2, 0.25) is 0 Å². The molecule has 0 aromatic carbocycles. The summed E-state index contributed by atoms with van der Waals surface area (Å²) in [6.07, 6.45) is 21.9. The maximum atomic E-state index is 11.3. The van der Waals surface area contributed by atoms with E-state index in [1.807, 2.05) is 0 Å². The molecule has 0 spiro atoms. The third kappa shape index (κ3) is 18.3. The Morgan fingerprint density at radius 3 is 1.67 bits per heavy atom. The van der Waals surface area contributed by atoms with Gasteiger partial charge in [-0.2, -0.15) is 5.48 Å². The third-order valence-electron chi connectivity index (χ3n) is 5.43. The maximum absolute atomic E-state index is 11.3. The third-order valence-corrected chi connectivity index (χ3v) is 5.43. The van der Waals surface area contributed by atoms with E-state index in [-0.39, 0.29) is 5.97 Å². The number of hydrogen-bond donors (Lipinski definition) is 1. The van der Waals surface area contributed by atoms with Crippen LogP contribution in [0.25, 0.3) is 0 Å². The molecule has 0 saturated carbocycles. The van der Waals surface area contributed by atoms with Gasteiger partial charge in [-0.15, -0.1) is 0 Å². The fraction of sp³-hybridized carbons (Fsp3) is 0.875. The van der Waals surface area contributed by atoms with Crippen molar-refractivity contribution in [2.45, 2.75) is 124 Å². The van der Waals surface area contributed by atoms with Gasteiger partial charge in [-0.05, 0) is 19.3 Å². The van der Waals surface area contributed by atoms with Gasteiger partial charge in [0, 0.05) is 12.1 Å². The standard InChI is InChI=1S/C24H47NO2/c1-5-7-8-9-10-11-12-13-14-15-16-17-18-19-20-23(6-2)21-25-27-24(26)22(3)4/h23,25H,3,5-21H2,1-2,4H3. The normalized spacial score (nSPS) is 12.1. The number of hydroxylamine groups is 1. The summed E-state index contributed by atoms with van der Waals surface area (Å²) < 4.78 is 0. The molecular weight excluding hydrogens is 334 g/mol. The molecule has 27 heavy (non-hydrogen) atoms. The van der Waals surface area contributed by atoms with Crippen LogP contribution in [0.15, 0.2) is 12.2 Å². The van der Waals surface area contributed by atoms with Gasteiger partial charge in [0.25, 0.3) is 0 Å². The molecule has 0 radical (unpaired) electrons. The Labute approximate surface area is 169 Å². The van der Waals surface area contributed by atoms with Crippen LogP contribution in [0.1, 0.15) is 124 Å². The highest BCUT2D eigenvalue weighted by molar-refractivity contribution is 5.86. The predicted octanol–water partition coefficient (Wildman–Crippen LogP) is 7.51. The summed E-state index contributed by atoms with van der Waals surface area (Å²) in [7, 11) is 0. The van der Waals surface area contributed by atoms with Crippen molar-refractivity contribution >= 4 is 5.97 Å². The molecule has 0 fully saturated rings. The lowest BCUT2D eigenvalue weighted by Gasteiger charge is -2.15. The molecule has 3 nitrogen and oxygen atoms in total. The predicted molar refractivity (Wildman–Crippen MR) is 118 cm³/mol. The van der Waals surface area contributed by atoms with Gasteiger partial charge in [-0.3, -0.25) is 0 Å². The Morgan fingerprint density at radius 2 is 1.26 bits per heavy atom. The second kappa shape index (κ2) is 19.9. The lowest BCUT2D eigenvalue weighted by Crippen LogP contribution is -2.26. The van der Waals surface area contributed by atoms with Crippen molar-refractivity contribution in [2.75, 3.05) is 6.54 Å². The van der Waals surface area contributed by atoms with E-state index < -0.39 is 0 Å². The van der Waals surface area contributed by atoms with Crippen LogP contribution < -0.4 is 5.48 Å². The minimum absolute atomic E-state index is 0.360. The monoisotopic (exact) mass is 381 g/mol. The fourth-order valence-corrected chi connectivity index (χ4v) is 3.39. The summed E-state index contributed by atoms with van der Waals surface area (Å²) >= 11 is 0. The van der Waals surface area contributed by atoms with E-state index in [0.29, 0.717) is 11.5 Å². The van der Waals surface area contributed by atoms with Crippen LogP contribution in [-0.2, 0) is 9.63 Å². The fourth-order valence-electron chi connectivity index (χ4n) is 3.39. The molecule has 1 unspecified atom stereocenters. The zero-order valence-electron chi connectivity index (χ0n) is 18.6.